The molecule has 1 amide bonds. The molecule has 3 N–H and O–H groups in total. The van der Waals surface area contributed by atoms with Crippen LogP contribution >= 0.6 is 0 Å². The first kappa shape index (κ1) is 8.49. The molecule has 4 heteroatoms. The summed E-state index contributed by atoms with van der Waals surface area (Å²) in [7, 11) is 0. The van der Waals surface area contributed by atoms with Gasteiger partial charge in [-0.3, -0.25) is 15.6 Å². The van der Waals surface area contributed by atoms with Crippen LogP contribution < -0.4 is 16.2 Å². The Labute approximate surface area is 66.7 Å². The van der Waals surface area contributed by atoms with E-state index >= 15 is 0 Å². The second-order valence-corrected chi connectivity index (χ2v) is 2.66. The summed E-state index contributed by atoms with van der Waals surface area (Å²) in [6.45, 7) is 3.17. The molecular formula is C7H15N3O. The number of hydrazine groups is 1. The third-order valence-electron chi connectivity index (χ3n) is 1.63. The van der Waals surface area contributed by atoms with Gasteiger partial charge >= 0.3 is 0 Å². The third kappa shape index (κ3) is 3.95. The van der Waals surface area contributed by atoms with Gasteiger partial charge in [-0.05, 0) is 12.8 Å². The number of hydrogen-bond acceptors (Lipinski definition) is 3. The smallest absolute Gasteiger partial charge is 0.220 e. The predicted molar refractivity (Wildman–Crippen MR) is 42.9 cm³/mol. The van der Waals surface area contributed by atoms with E-state index in [1.54, 1.807) is 0 Å². The van der Waals surface area contributed by atoms with Gasteiger partial charge in [-0.2, -0.15) is 0 Å². The summed E-state index contributed by atoms with van der Waals surface area (Å²) in [5.74, 6) is 0.204. The first-order valence-corrected chi connectivity index (χ1v) is 4.12. The summed E-state index contributed by atoms with van der Waals surface area (Å²) >= 11 is 0. The van der Waals surface area contributed by atoms with Crippen LogP contribution in [0.2, 0.25) is 0 Å². The molecule has 0 aliphatic carbocycles. The van der Waals surface area contributed by atoms with Crippen molar-refractivity contribution in [2.24, 2.45) is 0 Å². The highest BCUT2D eigenvalue weighted by atomic mass is 16.1. The van der Waals surface area contributed by atoms with Crippen molar-refractivity contribution in [3.63, 3.8) is 0 Å². The lowest BCUT2D eigenvalue weighted by Gasteiger charge is -1.81. The van der Waals surface area contributed by atoms with Gasteiger partial charge in [0.05, 0.1) is 0 Å². The SMILES string of the molecule is C1CNNC1.O=C1CCCN1. The number of hydrogen-bond donors (Lipinski definition) is 3. The minimum absolute atomic E-state index is 0.204. The maximum Gasteiger partial charge on any atom is 0.220 e. The van der Waals surface area contributed by atoms with Crippen LogP contribution in [0, 0.1) is 0 Å². The first-order valence-electron chi connectivity index (χ1n) is 4.12. The van der Waals surface area contributed by atoms with E-state index in [4.69, 9.17) is 0 Å². The number of amides is 1. The molecule has 2 aliphatic rings. The lowest BCUT2D eigenvalue weighted by Crippen LogP contribution is -2.21. The number of nitrogens with one attached hydrogen (secondary N) is 3. The maximum absolute atomic E-state index is 10.1. The van der Waals surface area contributed by atoms with Crippen LogP contribution in [0.1, 0.15) is 19.3 Å². The highest BCUT2D eigenvalue weighted by molar-refractivity contribution is 5.77. The molecule has 0 radical (unpaired) electrons. The van der Waals surface area contributed by atoms with Crippen molar-refractivity contribution in [3.05, 3.63) is 0 Å². The molecule has 2 rings (SSSR count). The molecule has 0 aromatic heterocycles. The summed E-state index contributed by atoms with van der Waals surface area (Å²) in [4.78, 5) is 10.1. The fourth-order valence-corrected chi connectivity index (χ4v) is 1.01. The minimum atomic E-state index is 0.204. The summed E-state index contributed by atoms with van der Waals surface area (Å²) in [5.41, 5.74) is 5.94. The Kier molecular flexibility index (Phi) is 3.93. The highest BCUT2D eigenvalue weighted by Gasteiger charge is 2.05. The summed E-state index contributed by atoms with van der Waals surface area (Å²) < 4.78 is 0. The summed E-state index contributed by atoms with van der Waals surface area (Å²) in [6, 6.07) is 0. The monoisotopic (exact) mass is 157 g/mol. The van der Waals surface area contributed by atoms with Crippen molar-refractivity contribution in [2.75, 3.05) is 19.6 Å². The molecule has 2 aliphatic heterocycles. The quantitative estimate of drug-likeness (QED) is 0.439. The van der Waals surface area contributed by atoms with Crippen LogP contribution in [-0.2, 0) is 4.79 Å². The Morgan fingerprint density at radius 2 is 1.73 bits per heavy atom. The fourth-order valence-electron chi connectivity index (χ4n) is 1.01. The molecule has 2 fully saturated rings. The molecule has 2 heterocycles. The molecule has 11 heavy (non-hydrogen) atoms. The first-order chi connectivity index (χ1) is 5.39. The average Bonchev–Trinajstić information content (AvgIpc) is 2.57. The van der Waals surface area contributed by atoms with Crippen molar-refractivity contribution >= 4 is 5.91 Å². The normalized spacial score (nSPS) is 22.4. The van der Waals surface area contributed by atoms with Crippen molar-refractivity contribution in [3.8, 4) is 0 Å². The van der Waals surface area contributed by atoms with E-state index < -0.39 is 0 Å². The average molecular weight is 157 g/mol. The Bertz CT molecular complexity index is 107. The van der Waals surface area contributed by atoms with Crippen LogP contribution in [0.4, 0.5) is 0 Å². The number of carbonyl (C=O) groups excluding carboxylic acids is 1. The van der Waals surface area contributed by atoms with Crippen molar-refractivity contribution in [1.29, 1.82) is 0 Å². The van der Waals surface area contributed by atoms with E-state index in [9.17, 15) is 4.79 Å². The highest BCUT2D eigenvalue weighted by Crippen LogP contribution is 1.93. The molecule has 0 spiro atoms. The van der Waals surface area contributed by atoms with Gasteiger partial charge < -0.3 is 5.32 Å². The molecule has 4 nitrogen and oxygen atoms in total. The Morgan fingerprint density at radius 3 is 1.91 bits per heavy atom. The molecule has 64 valence electrons. The standard InChI is InChI=1S/C4H7NO.C3H8N2/c6-4-2-1-3-5-4;1-2-4-5-3-1/h1-3H2,(H,5,6);4-5H,1-3H2. The third-order valence-corrected chi connectivity index (χ3v) is 1.63. The topological polar surface area (TPSA) is 53.2 Å². The van der Waals surface area contributed by atoms with E-state index in [2.05, 4.69) is 16.2 Å². The van der Waals surface area contributed by atoms with Crippen molar-refractivity contribution in [1.82, 2.24) is 16.2 Å². The van der Waals surface area contributed by atoms with E-state index in [0.717, 1.165) is 32.5 Å². The van der Waals surface area contributed by atoms with E-state index in [1.165, 1.54) is 6.42 Å². The molecule has 0 saturated carbocycles. The van der Waals surface area contributed by atoms with Crippen LogP contribution in [0.5, 0.6) is 0 Å². The maximum atomic E-state index is 10.1. The summed E-state index contributed by atoms with van der Waals surface area (Å²) in [5, 5.41) is 2.68. The predicted octanol–water partition coefficient (Wildman–Crippen LogP) is -0.619. The van der Waals surface area contributed by atoms with Crippen molar-refractivity contribution < 1.29 is 4.79 Å². The Hall–Kier alpha value is -0.610. The van der Waals surface area contributed by atoms with Gasteiger partial charge in [0.2, 0.25) is 5.91 Å². The van der Waals surface area contributed by atoms with Crippen LogP contribution in [-0.4, -0.2) is 25.5 Å². The zero-order valence-electron chi connectivity index (χ0n) is 6.65. The van der Waals surface area contributed by atoms with Crippen LogP contribution in [0.15, 0.2) is 0 Å². The lowest BCUT2D eigenvalue weighted by atomic mass is 10.4. The molecule has 0 unspecified atom stereocenters. The Balaban J connectivity index is 0.000000112. The van der Waals surface area contributed by atoms with Gasteiger partial charge in [0.15, 0.2) is 0 Å². The number of carbonyl (C=O) groups is 1. The molecule has 0 bridgehead atoms. The Morgan fingerprint density at radius 1 is 1.00 bits per heavy atom. The zero-order chi connectivity index (χ0) is 7.94. The van der Waals surface area contributed by atoms with E-state index in [-0.39, 0.29) is 5.91 Å². The zero-order valence-corrected chi connectivity index (χ0v) is 6.65. The largest absolute Gasteiger partial charge is 0.356 e. The molecular weight excluding hydrogens is 142 g/mol. The second-order valence-electron chi connectivity index (χ2n) is 2.66. The van der Waals surface area contributed by atoms with Gasteiger partial charge in [0, 0.05) is 26.1 Å². The lowest BCUT2D eigenvalue weighted by molar-refractivity contribution is -0.119. The molecule has 0 atom stereocenters. The second kappa shape index (κ2) is 5.09. The molecule has 2 saturated heterocycles. The minimum Gasteiger partial charge on any atom is -0.356 e. The number of rotatable bonds is 0. The summed E-state index contributed by atoms with van der Waals surface area (Å²) in [6.07, 6.45) is 3.04. The molecule has 0 aromatic carbocycles. The van der Waals surface area contributed by atoms with Crippen LogP contribution in [0.3, 0.4) is 0 Å². The van der Waals surface area contributed by atoms with Gasteiger partial charge in [0.25, 0.3) is 0 Å². The van der Waals surface area contributed by atoms with Gasteiger partial charge in [0.1, 0.15) is 0 Å². The van der Waals surface area contributed by atoms with Gasteiger partial charge in [-0.1, -0.05) is 0 Å². The van der Waals surface area contributed by atoms with E-state index in [0.29, 0.717) is 0 Å². The van der Waals surface area contributed by atoms with Gasteiger partial charge in [-0.25, -0.2) is 0 Å². The van der Waals surface area contributed by atoms with Gasteiger partial charge in [-0.15, -0.1) is 0 Å². The van der Waals surface area contributed by atoms with Crippen LogP contribution in [0.25, 0.3) is 0 Å². The molecule has 0 aromatic rings. The van der Waals surface area contributed by atoms with Crippen molar-refractivity contribution in [2.45, 2.75) is 19.3 Å². The van der Waals surface area contributed by atoms with E-state index in [1.807, 2.05) is 0 Å². The fraction of sp³-hybridized carbons (Fsp3) is 0.857.